The summed E-state index contributed by atoms with van der Waals surface area (Å²) in [6, 6.07) is 38.2. The molecule has 0 spiro atoms. The number of benzene rings is 8. The minimum atomic E-state index is -1.11. The molecule has 0 radical (unpaired) electrons. The van der Waals surface area contributed by atoms with Crippen molar-refractivity contribution in [1.29, 1.82) is 0 Å². The lowest BCUT2D eigenvalue weighted by Gasteiger charge is -2.36. The topological polar surface area (TPSA) is 347 Å². The van der Waals surface area contributed by atoms with E-state index in [1.54, 1.807) is 61.5 Å². The fraction of sp³-hybridized carbons (Fsp3) is 0.504. The first-order valence-electron chi connectivity index (χ1n) is 50.5. The molecule has 4 saturated heterocycles. The van der Waals surface area contributed by atoms with Gasteiger partial charge in [0.05, 0.1) is 58.7 Å². The number of halogens is 2. The van der Waals surface area contributed by atoms with Crippen LogP contribution in [-0.4, -0.2) is 206 Å². The zero-order chi connectivity index (χ0) is 109. The molecule has 30 nitrogen and oxygen atoms in total. The van der Waals surface area contributed by atoms with Crippen LogP contribution in [0.3, 0.4) is 0 Å². The Morgan fingerprint density at radius 2 is 0.755 bits per heavy atom. The molecule has 5 aliphatic rings. The smallest absolute Gasteiger partial charge is 0.491 e. The third-order valence-electron chi connectivity index (χ3n) is 24.9. The van der Waals surface area contributed by atoms with Crippen molar-refractivity contribution in [2.24, 2.45) is 0 Å². The summed E-state index contributed by atoms with van der Waals surface area (Å²) < 4.78 is 76.6. The Kier molecular flexibility index (Phi) is 43.8. The Morgan fingerprint density at radius 3 is 1.12 bits per heavy atom. The van der Waals surface area contributed by atoms with Crippen LogP contribution in [-0.2, 0) is 42.4 Å². The summed E-state index contributed by atoms with van der Waals surface area (Å²) >= 11 is 8.83. The lowest BCUT2D eigenvalue weighted by molar-refractivity contribution is -0.165. The highest BCUT2D eigenvalue weighted by atomic mass is 79.9. The monoisotopic (exact) mass is 2110 g/mol. The summed E-state index contributed by atoms with van der Waals surface area (Å²) in [6.07, 6.45) is 8.71. The Bertz CT molecular complexity index is 5800. The molecule has 5 heterocycles. The van der Waals surface area contributed by atoms with E-state index in [-0.39, 0.29) is 73.8 Å². The van der Waals surface area contributed by atoms with Gasteiger partial charge in [-0.25, -0.2) is 20.5 Å². The van der Waals surface area contributed by atoms with Gasteiger partial charge in [-0.2, -0.15) is 0 Å². The average Bonchev–Trinajstić information content (AvgIpc) is 1.62. The summed E-state index contributed by atoms with van der Waals surface area (Å²) in [5, 5.41) is 13.9. The van der Waals surface area contributed by atoms with Crippen molar-refractivity contribution < 1.29 is 105 Å². The Hall–Kier alpha value is -10.6. The second kappa shape index (κ2) is 53.7. The van der Waals surface area contributed by atoms with Gasteiger partial charge in [0, 0.05) is 103 Å². The van der Waals surface area contributed by atoms with Crippen LogP contribution in [0.1, 0.15) is 318 Å². The van der Waals surface area contributed by atoms with E-state index in [1.807, 2.05) is 260 Å². The van der Waals surface area contributed by atoms with E-state index < -0.39 is 59.1 Å². The minimum absolute atomic E-state index is 0.112. The lowest BCUT2D eigenvalue weighted by atomic mass is 9.76. The molecule has 0 aliphatic carbocycles. The van der Waals surface area contributed by atoms with Gasteiger partial charge in [-0.1, -0.05) is 87.0 Å². The second-order valence-electron chi connectivity index (χ2n) is 42.9. The highest BCUT2D eigenvalue weighted by Crippen LogP contribution is 2.39. The Morgan fingerprint density at radius 1 is 0.408 bits per heavy atom. The first kappa shape index (κ1) is 120. The van der Waals surface area contributed by atoms with Crippen LogP contribution in [0.15, 0.2) is 132 Å². The van der Waals surface area contributed by atoms with Gasteiger partial charge in [-0.3, -0.25) is 60.1 Å². The van der Waals surface area contributed by atoms with E-state index in [4.69, 9.17) is 72.9 Å². The molecular formula is C113H154B2BrClN8O22. The summed E-state index contributed by atoms with van der Waals surface area (Å²) in [4.78, 5) is 104. The van der Waals surface area contributed by atoms with Gasteiger partial charge < -0.3 is 66.4 Å². The number of nitrogens with zero attached hydrogens (tertiary/aromatic N) is 3. The van der Waals surface area contributed by atoms with Crippen molar-refractivity contribution >= 4 is 99.3 Å². The minimum Gasteiger partial charge on any atom is -0.491 e. The fourth-order valence-electron chi connectivity index (χ4n) is 16.8. The molecule has 8 aromatic rings. The van der Waals surface area contributed by atoms with Gasteiger partial charge in [0.15, 0.2) is 18.9 Å². The highest BCUT2D eigenvalue weighted by Gasteiger charge is 2.53. The zero-order valence-corrected chi connectivity index (χ0v) is 93.6. The maximum absolute atomic E-state index is 13.9. The van der Waals surface area contributed by atoms with E-state index in [1.165, 1.54) is 15.0 Å². The molecule has 0 bridgehead atoms. The van der Waals surface area contributed by atoms with Crippen molar-refractivity contribution in [3.63, 3.8) is 0 Å². The number of nitrogens with one attached hydrogen (secondary N) is 5. The van der Waals surface area contributed by atoms with Crippen LogP contribution >= 0.6 is 27.5 Å². The number of hydrazine groups is 4. The number of hydrogen-bond donors (Lipinski definition) is 6. The first-order chi connectivity index (χ1) is 68.9. The third kappa shape index (κ3) is 35.3. The predicted molar refractivity (Wildman–Crippen MR) is 577 cm³/mol. The molecule has 798 valence electrons. The molecule has 13 rings (SSSR count). The largest absolute Gasteiger partial charge is 0.498 e. The van der Waals surface area contributed by atoms with Crippen molar-refractivity contribution in [1.82, 2.24) is 42.2 Å². The van der Waals surface area contributed by atoms with Crippen LogP contribution in [0, 0.1) is 83.1 Å². The van der Waals surface area contributed by atoms with Gasteiger partial charge in [0.25, 0.3) is 46.6 Å². The van der Waals surface area contributed by atoms with Gasteiger partial charge in [-0.05, 0) is 364 Å². The molecule has 3 unspecified atom stereocenters. The molecular weight excluding hydrogens is 1960 g/mol. The normalized spacial score (nSPS) is 16.4. The molecule has 3 atom stereocenters. The fourth-order valence-corrected chi connectivity index (χ4v) is 17.4. The molecule has 4 fully saturated rings. The number of fused-ring (bicyclic) bond motifs is 1. The Balaban J connectivity index is 0.000000213. The van der Waals surface area contributed by atoms with Crippen LogP contribution in [0.2, 0.25) is 0 Å². The van der Waals surface area contributed by atoms with Crippen molar-refractivity contribution in [3.8, 4) is 23.0 Å². The van der Waals surface area contributed by atoms with Gasteiger partial charge in [0.1, 0.15) is 49.4 Å². The standard InChI is InChI=1S/C34H49BN2O7.C28H37BrN2O5.C23H29BN2O5.C19H30N2O4.C9H9ClO/c1-22-19-23(2)21-25(20-22)31(39)37(32(4,5)6)36-30(38)26-14-15-27(35-43-33(7,8)34(9,10)44-35)29(24(26)3)42-18-17-41-28-13-11-12-16-40-28;1-18-15-19(2)17-21(16-18)27(33)31(28(4,5)6)30-26(32)22-10-11-23(29)25(20(22)3)36-14-13-35-24-9-7-8-12-34-24;1-14-11-15(2)13-17(12-14)22(28)26(23(4,5)6)25-21(27)18-7-8-19-20(16(18)3)30-9-10-31-24(19)29;1-14-15(18(22)20-21-19(2,3)4)8-7-9-16(14)23-12-13-25-17-10-5-6-11-24-17;1-6-3-7(2)5-8(4-6)9(10)11/h14-15,19-21,28H,11-13,16-18H2,1-10H3,(H,36,38);10-11,15-17,24H,7-9,12-14H2,1-6H3,(H,30,32);7-8,11-13,29H,9-10H2,1-6H3,(H,25,27);7-9,17,21H,5-6,10-13H2,1-4H3,(H,20,22);3-5H,1-2H3. The summed E-state index contributed by atoms with van der Waals surface area (Å²) in [6.45, 7) is 58.5. The maximum atomic E-state index is 13.9. The Labute approximate surface area is 883 Å². The molecule has 147 heavy (non-hydrogen) atoms. The molecule has 8 aromatic carbocycles. The number of ether oxygens (including phenoxy) is 10. The molecule has 0 saturated carbocycles. The molecule has 0 aromatic heterocycles. The lowest BCUT2D eigenvalue weighted by Crippen LogP contribution is -2.56. The van der Waals surface area contributed by atoms with E-state index in [2.05, 4.69) is 43.1 Å². The van der Waals surface area contributed by atoms with Gasteiger partial charge in [0.2, 0.25) is 0 Å². The van der Waals surface area contributed by atoms with Crippen molar-refractivity contribution in [2.75, 3.05) is 72.7 Å². The summed E-state index contributed by atoms with van der Waals surface area (Å²) in [5.74, 6) is -0.0837. The van der Waals surface area contributed by atoms with Crippen LogP contribution in [0.5, 0.6) is 23.0 Å². The molecule has 6 N–H and O–H groups in total. The molecule has 34 heteroatoms. The van der Waals surface area contributed by atoms with E-state index >= 15 is 0 Å². The van der Waals surface area contributed by atoms with E-state index in [0.29, 0.717) is 135 Å². The average molecular weight is 2110 g/mol. The number of carbonyl (C=O) groups excluding carboxylic acids is 8. The number of hydrogen-bond acceptors (Lipinski definition) is 23. The number of rotatable bonds is 25. The van der Waals surface area contributed by atoms with Gasteiger partial charge >= 0.3 is 14.2 Å². The quantitative estimate of drug-likeness (QED) is 0.0134. The van der Waals surface area contributed by atoms with Crippen LogP contribution in [0.4, 0.5) is 0 Å². The van der Waals surface area contributed by atoms with Gasteiger partial charge in [-0.15, -0.1) is 0 Å². The van der Waals surface area contributed by atoms with E-state index in [0.717, 1.165) is 126 Å². The first-order valence-corrected chi connectivity index (χ1v) is 51.7. The number of amides is 7. The SMILES string of the molecule is Cc1c(OCCOC2CCCCO2)cccc1C(=O)NNC(C)(C)C.Cc1cc(C)cc(C(=O)Cl)c1.Cc1cc(C)cc(C(=O)N(NC(=O)c2ccc(B3OC(C)(C)C(C)(C)O3)c(OCCOC3CCCCO3)c2C)C(C)(C)C)c1.Cc1cc(C)cc(C(=O)N(NC(=O)c2ccc(Br)c(OCCOC3CCCCO3)c2C)C(C)(C)C)c1.Cc1cc(C)cc(C(=O)N(NC(=O)c2ccc3c(c2C)OCCOB3O)C(C)(C)C)c1. The van der Waals surface area contributed by atoms with Crippen LogP contribution < -0.4 is 57.0 Å². The van der Waals surface area contributed by atoms with Crippen LogP contribution in [0.25, 0.3) is 0 Å². The summed E-state index contributed by atoms with van der Waals surface area (Å²) in [7, 11) is -1.80. The number of carbonyl (C=O) groups is 8. The maximum Gasteiger partial charge on any atom is 0.498 e. The second-order valence-corrected chi connectivity index (χ2v) is 44.1. The summed E-state index contributed by atoms with van der Waals surface area (Å²) in [5.41, 5.74) is 26.6. The number of aryl methyl sites for hydroxylation is 8. The van der Waals surface area contributed by atoms with E-state index in [9.17, 15) is 43.4 Å². The molecule has 7 amide bonds. The van der Waals surface area contributed by atoms with Crippen molar-refractivity contribution in [2.45, 2.75) is 304 Å². The third-order valence-corrected chi connectivity index (χ3v) is 25.7. The van der Waals surface area contributed by atoms with Crippen molar-refractivity contribution in [3.05, 3.63) is 243 Å². The highest BCUT2D eigenvalue weighted by molar-refractivity contribution is 9.10. The molecule has 5 aliphatic heterocycles. The predicted octanol–water partition coefficient (Wildman–Crippen LogP) is 19.2. The zero-order valence-electron chi connectivity index (χ0n) is 91.3.